The largest absolute Gasteiger partial charge is 0.352 e. The van der Waals surface area contributed by atoms with E-state index in [0.717, 1.165) is 25.9 Å². The molecular formula is C25H24Cl2N4O2. The first-order valence-corrected chi connectivity index (χ1v) is 11.6. The lowest BCUT2D eigenvalue weighted by molar-refractivity contribution is 0.0942. The first kappa shape index (κ1) is 23.2. The number of nitrogens with zero attached hydrogens (tertiary/aromatic N) is 1. The third-order valence-corrected chi connectivity index (χ3v) is 6.29. The molecule has 0 unspecified atom stereocenters. The Morgan fingerprint density at radius 2 is 1.79 bits per heavy atom. The van der Waals surface area contributed by atoms with Crippen LogP contribution >= 0.6 is 23.2 Å². The van der Waals surface area contributed by atoms with Gasteiger partial charge in [-0.3, -0.25) is 14.6 Å². The highest BCUT2D eigenvalue weighted by Crippen LogP contribution is 2.29. The van der Waals surface area contributed by atoms with Gasteiger partial charge in [-0.05, 0) is 80.4 Å². The number of hydrogen-bond acceptors (Lipinski definition) is 4. The monoisotopic (exact) mass is 482 g/mol. The molecule has 0 bridgehead atoms. The number of rotatable bonds is 6. The molecule has 4 rings (SSSR count). The SMILES string of the molecule is O=C(NCC1CCNCC1)c1ccc(C(=O)Nc2ccc(Cl)c(-c3ccccn3)c2)c(Cl)c1. The minimum absolute atomic E-state index is 0.194. The molecule has 0 atom stereocenters. The van der Waals surface area contributed by atoms with Gasteiger partial charge in [-0.15, -0.1) is 0 Å². The van der Waals surface area contributed by atoms with Crippen LogP contribution in [0.4, 0.5) is 5.69 Å². The minimum Gasteiger partial charge on any atom is -0.352 e. The van der Waals surface area contributed by atoms with Gasteiger partial charge in [0.15, 0.2) is 0 Å². The number of piperidine rings is 1. The van der Waals surface area contributed by atoms with E-state index in [1.165, 1.54) is 6.07 Å². The summed E-state index contributed by atoms with van der Waals surface area (Å²) >= 11 is 12.7. The Hall–Kier alpha value is -2.93. The summed E-state index contributed by atoms with van der Waals surface area (Å²) in [7, 11) is 0. The van der Waals surface area contributed by atoms with E-state index in [1.807, 2.05) is 18.2 Å². The van der Waals surface area contributed by atoms with Gasteiger partial charge in [0.25, 0.3) is 11.8 Å². The van der Waals surface area contributed by atoms with E-state index in [9.17, 15) is 9.59 Å². The van der Waals surface area contributed by atoms with Gasteiger partial charge < -0.3 is 16.0 Å². The quantitative estimate of drug-likeness (QED) is 0.459. The maximum absolute atomic E-state index is 12.8. The third kappa shape index (κ3) is 5.90. The van der Waals surface area contributed by atoms with Gasteiger partial charge in [-0.2, -0.15) is 0 Å². The summed E-state index contributed by atoms with van der Waals surface area (Å²) in [5.74, 6) is -0.0953. The van der Waals surface area contributed by atoms with Crippen molar-refractivity contribution in [2.24, 2.45) is 5.92 Å². The summed E-state index contributed by atoms with van der Waals surface area (Å²) in [4.78, 5) is 29.7. The topological polar surface area (TPSA) is 83.1 Å². The molecule has 1 aromatic heterocycles. The standard InChI is InChI=1S/C25H24Cl2N4O2/c26-21-7-5-18(14-20(21)23-3-1-2-10-29-23)31-25(33)19-6-4-17(13-22(19)27)24(32)30-15-16-8-11-28-12-9-16/h1-7,10,13-14,16,28H,8-9,11-12,15H2,(H,30,32)(H,31,33). The Balaban J connectivity index is 1.43. The number of carbonyl (C=O) groups is 2. The molecule has 2 amide bonds. The second kappa shape index (κ2) is 10.8. The molecule has 3 N–H and O–H groups in total. The number of aromatic nitrogens is 1. The second-order valence-electron chi connectivity index (χ2n) is 7.96. The molecule has 1 saturated heterocycles. The van der Waals surface area contributed by atoms with E-state index in [0.29, 0.717) is 40.0 Å². The van der Waals surface area contributed by atoms with E-state index >= 15 is 0 Å². The normalized spacial score (nSPS) is 14.0. The van der Waals surface area contributed by atoms with Crippen LogP contribution < -0.4 is 16.0 Å². The highest BCUT2D eigenvalue weighted by molar-refractivity contribution is 6.35. The summed E-state index contributed by atoms with van der Waals surface area (Å²) in [5.41, 5.74) is 2.68. The fourth-order valence-corrected chi connectivity index (χ4v) is 4.27. The fraction of sp³-hybridized carbons (Fsp3) is 0.240. The number of hydrogen-bond donors (Lipinski definition) is 3. The zero-order valence-electron chi connectivity index (χ0n) is 17.9. The molecule has 1 aliphatic rings. The molecule has 0 saturated carbocycles. The molecule has 170 valence electrons. The van der Waals surface area contributed by atoms with Crippen LogP contribution in [0.2, 0.25) is 10.0 Å². The van der Waals surface area contributed by atoms with Crippen molar-refractivity contribution in [1.29, 1.82) is 0 Å². The van der Waals surface area contributed by atoms with E-state index in [2.05, 4.69) is 20.9 Å². The van der Waals surface area contributed by atoms with Crippen LogP contribution in [-0.4, -0.2) is 36.4 Å². The lowest BCUT2D eigenvalue weighted by Gasteiger charge is -2.22. The van der Waals surface area contributed by atoms with E-state index in [1.54, 1.807) is 36.5 Å². The summed E-state index contributed by atoms with van der Waals surface area (Å²) in [6.07, 6.45) is 3.78. The van der Waals surface area contributed by atoms with Crippen LogP contribution in [0, 0.1) is 5.92 Å². The number of anilines is 1. The Morgan fingerprint density at radius 1 is 0.970 bits per heavy atom. The van der Waals surface area contributed by atoms with Gasteiger partial charge in [0.05, 0.1) is 21.3 Å². The minimum atomic E-state index is -0.379. The maximum atomic E-state index is 12.8. The smallest absolute Gasteiger partial charge is 0.257 e. The van der Waals surface area contributed by atoms with Gasteiger partial charge >= 0.3 is 0 Å². The van der Waals surface area contributed by atoms with Gasteiger partial charge in [-0.25, -0.2) is 0 Å². The Labute approximate surface area is 202 Å². The number of halogens is 2. The molecule has 0 radical (unpaired) electrons. The van der Waals surface area contributed by atoms with Crippen molar-refractivity contribution in [3.63, 3.8) is 0 Å². The van der Waals surface area contributed by atoms with E-state index in [4.69, 9.17) is 23.2 Å². The van der Waals surface area contributed by atoms with Crippen LogP contribution in [0.15, 0.2) is 60.8 Å². The maximum Gasteiger partial charge on any atom is 0.257 e. The number of nitrogens with one attached hydrogen (secondary N) is 3. The van der Waals surface area contributed by atoms with Crippen LogP contribution in [0.5, 0.6) is 0 Å². The molecule has 0 spiro atoms. The number of benzene rings is 2. The molecule has 0 aliphatic carbocycles. The van der Waals surface area contributed by atoms with Crippen molar-refractivity contribution in [1.82, 2.24) is 15.6 Å². The molecule has 1 aliphatic heterocycles. The van der Waals surface area contributed by atoms with Gasteiger partial charge in [0.2, 0.25) is 0 Å². The average molecular weight is 483 g/mol. The van der Waals surface area contributed by atoms with Crippen molar-refractivity contribution >= 4 is 40.7 Å². The fourth-order valence-electron chi connectivity index (χ4n) is 3.79. The summed E-state index contributed by atoms with van der Waals surface area (Å²) in [5, 5.41) is 9.86. The highest BCUT2D eigenvalue weighted by atomic mass is 35.5. The zero-order valence-corrected chi connectivity index (χ0v) is 19.4. The zero-order chi connectivity index (χ0) is 23.2. The summed E-state index contributed by atoms with van der Waals surface area (Å²) in [6, 6.07) is 15.4. The van der Waals surface area contributed by atoms with Gasteiger partial charge in [-0.1, -0.05) is 29.3 Å². The third-order valence-electron chi connectivity index (χ3n) is 5.65. The first-order valence-electron chi connectivity index (χ1n) is 10.8. The Kier molecular flexibility index (Phi) is 7.60. The molecule has 1 fully saturated rings. The molecule has 6 nitrogen and oxygen atoms in total. The number of pyridine rings is 1. The Bertz CT molecular complexity index is 1150. The van der Waals surface area contributed by atoms with Crippen molar-refractivity contribution in [2.45, 2.75) is 12.8 Å². The van der Waals surface area contributed by atoms with Gasteiger partial charge in [0, 0.05) is 29.6 Å². The summed E-state index contributed by atoms with van der Waals surface area (Å²) < 4.78 is 0. The Morgan fingerprint density at radius 3 is 2.52 bits per heavy atom. The van der Waals surface area contributed by atoms with E-state index < -0.39 is 0 Å². The molecule has 8 heteroatoms. The van der Waals surface area contributed by atoms with Crippen molar-refractivity contribution in [3.05, 3.63) is 82.0 Å². The van der Waals surface area contributed by atoms with E-state index in [-0.39, 0.29) is 22.4 Å². The lowest BCUT2D eigenvalue weighted by Crippen LogP contribution is -2.36. The molecule has 33 heavy (non-hydrogen) atoms. The molecule has 3 aromatic rings. The second-order valence-corrected chi connectivity index (χ2v) is 8.78. The summed E-state index contributed by atoms with van der Waals surface area (Å²) in [6.45, 7) is 2.59. The lowest BCUT2D eigenvalue weighted by atomic mass is 9.98. The number of amides is 2. The van der Waals surface area contributed by atoms with Crippen LogP contribution in [0.25, 0.3) is 11.3 Å². The molecule has 2 aromatic carbocycles. The van der Waals surface area contributed by atoms with Crippen molar-refractivity contribution in [2.75, 3.05) is 25.0 Å². The van der Waals surface area contributed by atoms with Crippen LogP contribution in [0.1, 0.15) is 33.6 Å². The predicted molar refractivity (Wildman–Crippen MR) is 132 cm³/mol. The van der Waals surface area contributed by atoms with Crippen molar-refractivity contribution in [3.8, 4) is 11.3 Å². The first-order chi connectivity index (χ1) is 16.0. The van der Waals surface area contributed by atoms with Gasteiger partial charge in [0.1, 0.15) is 0 Å². The molecular weight excluding hydrogens is 459 g/mol. The van der Waals surface area contributed by atoms with Crippen molar-refractivity contribution < 1.29 is 9.59 Å². The highest BCUT2D eigenvalue weighted by Gasteiger charge is 2.17. The number of carbonyl (C=O) groups excluding carboxylic acids is 2. The van der Waals surface area contributed by atoms with Crippen LogP contribution in [0.3, 0.4) is 0 Å². The average Bonchev–Trinajstić information content (AvgIpc) is 2.84. The van der Waals surface area contributed by atoms with Crippen LogP contribution in [-0.2, 0) is 0 Å². The molecule has 2 heterocycles. The predicted octanol–water partition coefficient (Wildman–Crippen LogP) is 5.04.